The van der Waals surface area contributed by atoms with Gasteiger partial charge < -0.3 is 14.7 Å². The topological polar surface area (TPSA) is 41.3 Å². The number of nitrogens with one attached hydrogen (secondary N) is 1. The van der Waals surface area contributed by atoms with Crippen LogP contribution in [0.25, 0.3) is 0 Å². The van der Waals surface area contributed by atoms with Gasteiger partial charge in [0.2, 0.25) is 0 Å². The fourth-order valence-corrected chi connectivity index (χ4v) is 2.37. The van der Waals surface area contributed by atoms with Gasteiger partial charge in [0.15, 0.2) is 0 Å². The van der Waals surface area contributed by atoms with E-state index in [2.05, 4.69) is 22.3 Å². The number of hydrogen-bond acceptors (Lipinski definition) is 4. The molecule has 1 fully saturated rings. The Hall–Kier alpha value is -0.870. The fourth-order valence-electron chi connectivity index (χ4n) is 2.37. The lowest BCUT2D eigenvalue weighted by Crippen LogP contribution is -2.41. The maximum Gasteiger partial charge on any atom is 0.133 e. The molecule has 17 heavy (non-hydrogen) atoms. The van der Waals surface area contributed by atoms with Gasteiger partial charge in [-0.15, -0.1) is 0 Å². The molecule has 0 amide bonds. The van der Waals surface area contributed by atoms with Crippen molar-refractivity contribution in [3.8, 4) is 0 Å². The molecule has 2 heterocycles. The van der Waals surface area contributed by atoms with E-state index in [9.17, 15) is 0 Å². The zero-order valence-electron chi connectivity index (χ0n) is 10.9. The van der Waals surface area contributed by atoms with Gasteiger partial charge in [-0.05, 0) is 39.8 Å². The molecule has 1 aliphatic heterocycles. The summed E-state index contributed by atoms with van der Waals surface area (Å²) in [5, 5.41) is 7.48. The number of nitrogens with zero attached hydrogens (tertiary/aromatic N) is 2. The first-order valence-electron chi connectivity index (χ1n) is 6.62. The molecule has 0 saturated carbocycles. The number of hydrogen-bond donors (Lipinski definition) is 1. The number of aryl methyl sites for hydroxylation is 1. The normalized spacial score (nSPS) is 19.4. The van der Waals surface area contributed by atoms with Crippen LogP contribution in [0.4, 0.5) is 0 Å². The molecule has 4 nitrogen and oxygen atoms in total. The molecule has 1 aliphatic rings. The van der Waals surface area contributed by atoms with Gasteiger partial charge >= 0.3 is 0 Å². The Morgan fingerprint density at radius 1 is 1.41 bits per heavy atom. The third-order valence-corrected chi connectivity index (χ3v) is 3.29. The van der Waals surface area contributed by atoms with E-state index in [0.717, 1.165) is 24.5 Å². The van der Waals surface area contributed by atoms with Crippen LogP contribution >= 0.6 is 0 Å². The van der Waals surface area contributed by atoms with Crippen LogP contribution < -0.4 is 5.32 Å². The molecule has 4 heteroatoms. The van der Waals surface area contributed by atoms with E-state index >= 15 is 0 Å². The molecular weight excluding hydrogens is 214 g/mol. The number of piperidine rings is 1. The van der Waals surface area contributed by atoms with Crippen LogP contribution in [0.3, 0.4) is 0 Å². The van der Waals surface area contributed by atoms with Crippen molar-refractivity contribution < 1.29 is 4.52 Å². The summed E-state index contributed by atoms with van der Waals surface area (Å²) in [5.74, 6) is 0.880. The van der Waals surface area contributed by atoms with Gasteiger partial charge in [0.05, 0.1) is 5.69 Å². The molecule has 0 spiro atoms. The lowest BCUT2D eigenvalue weighted by atomic mass is 10.1. The average molecular weight is 237 g/mol. The molecule has 0 bridgehead atoms. The van der Waals surface area contributed by atoms with Crippen molar-refractivity contribution >= 4 is 0 Å². The average Bonchev–Trinajstić information content (AvgIpc) is 2.74. The first kappa shape index (κ1) is 12.6. The van der Waals surface area contributed by atoms with Gasteiger partial charge in [-0.2, -0.15) is 0 Å². The minimum Gasteiger partial charge on any atom is -0.361 e. The molecule has 0 aromatic carbocycles. The monoisotopic (exact) mass is 237 g/mol. The fraction of sp³-hybridized carbons (Fsp3) is 0.769. The summed E-state index contributed by atoms with van der Waals surface area (Å²) in [7, 11) is 0. The van der Waals surface area contributed by atoms with Gasteiger partial charge in [0, 0.05) is 25.2 Å². The molecule has 0 aliphatic carbocycles. The standard InChI is InChI=1S/C13H23N3O/c1-11(10-16-6-4-3-5-7-16)14-9-13-8-12(2)17-15-13/h8,11,14H,3-7,9-10H2,1-2H3. The van der Waals surface area contributed by atoms with Gasteiger partial charge in [0.1, 0.15) is 5.76 Å². The Morgan fingerprint density at radius 2 is 2.18 bits per heavy atom. The number of aromatic nitrogens is 1. The molecule has 1 aromatic rings. The maximum absolute atomic E-state index is 5.05. The van der Waals surface area contributed by atoms with E-state index < -0.39 is 0 Å². The van der Waals surface area contributed by atoms with E-state index in [1.807, 2.05) is 13.0 Å². The zero-order valence-corrected chi connectivity index (χ0v) is 10.9. The molecule has 1 saturated heterocycles. The quantitative estimate of drug-likeness (QED) is 0.850. The first-order valence-corrected chi connectivity index (χ1v) is 6.62. The molecule has 1 aromatic heterocycles. The number of rotatable bonds is 5. The van der Waals surface area contributed by atoms with Gasteiger partial charge in [-0.1, -0.05) is 11.6 Å². The second kappa shape index (κ2) is 6.17. The Labute approximate surface area is 103 Å². The van der Waals surface area contributed by atoms with E-state index in [1.165, 1.54) is 32.4 Å². The Balaban J connectivity index is 1.68. The predicted octanol–water partition coefficient (Wildman–Crippen LogP) is 1.95. The summed E-state index contributed by atoms with van der Waals surface area (Å²) in [4.78, 5) is 2.55. The molecule has 1 unspecified atom stereocenters. The first-order chi connectivity index (χ1) is 8.24. The lowest BCUT2D eigenvalue weighted by Gasteiger charge is -2.29. The van der Waals surface area contributed by atoms with Crippen molar-refractivity contribution in [3.63, 3.8) is 0 Å². The van der Waals surface area contributed by atoms with E-state index in [4.69, 9.17) is 4.52 Å². The third kappa shape index (κ3) is 4.13. The minimum atomic E-state index is 0.505. The van der Waals surface area contributed by atoms with Gasteiger partial charge in [-0.25, -0.2) is 0 Å². The maximum atomic E-state index is 5.05. The molecule has 2 rings (SSSR count). The van der Waals surface area contributed by atoms with Crippen LogP contribution in [-0.4, -0.2) is 35.7 Å². The highest BCUT2D eigenvalue weighted by atomic mass is 16.5. The van der Waals surface area contributed by atoms with Crippen LogP contribution in [0.5, 0.6) is 0 Å². The van der Waals surface area contributed by atoms with E-state index in [-0.39, 0.29) is 0 Å². The van der Waals surface area contributed by atoms with Crippen LogP contribution in [0.1, 0.15) is 37.6 Å². The van der Waals surface area contributed by atoms with Crippen molar-refractivity contribution in [2.75, 3.05) is 19.6 Å². The summed E-state index contributed by atoms with van der Waals surface area (Å²) < 4.78 is 5.05. The van der Waals surface area contributed by atoms with Crippen LogP contribution in [-0.2, 0) is 6.54 Å². The molecule has 1 atom stereocenters. The van der Waals surface area contributed by atoms with Crippen molar-refractivity contribution in [2.45, 2.75) is 45.7 Å². The molecule has 96 valence electrons. The summed E-state index contributed by atoms with van der Waals surface area (Å²) in [6, 6.07) is 2.49. The lowest BCUT2D eigenvalue weighted by molar-refractivity contribution is 0.208. The van der Waals surface area contributed by atoms with E-state index in [1.54, 1.807) is 0 Å². The Kier molecular flexibility index (Phi) is 4.57. The highest BCUT2D eigenvalue weighted by molar-refractivity contribution is 5.03. The summed E-state index contributed by atoms with van der Waals surface area (Å²) in [6.07, 6.45) is 4.11. The van der Waals surface area contributed by atoms with Gasteiger partial charge in [0.25, 0.3) is 0 Å². The number of likely N-dealkylation sites (tertiary alicyclic amines) is 1. The Bertz CT molecular complexity index is 331. The second-order valence-corrected chi connectivity index (χ2v) is 5.07. The SMILES string of the molecule is Cc1cc(CNC(C)CN2CCCCC2)no1. The summed E-state index contributed by atoms with van der Waals surface area (Å²) in [6.45, 7) is 8.61. The summed E-state index contributed by atoms with van der Waals surface area (Å²) in [5.41, 5.74) is 0.994. The summed E-state index contributed by atoms with van der Waals surface area (Å²) >= 11 is 0. The van der Waals surface area contributed by atoms with Crippen molar-refractivity contribution in [1.29, 1.82) is 0 Å². The third-order valence-electron chi connectivity index (χ3n) is 3.29. The zero-order chi connectivity index (χ0) is 12.1. The van der Waals surface area contributed by atoms with Crippen LogP contribution in [0.15, 0.2) is 10.6 Å². The highest BCUT2D eigenvalue weighted by Crippen LogP contribution is 2.09. The molecule has 1 N–H and O–H groups in total. The second-order valence-electron chi connectivity index (χ2n) is 5.07. The van der Waals surface area contributed by atoms with Crippen molar-refractivity contribution in [2.24, 2.45) is 0 Å². The Morgan fingerprint density at radius 3 is 2.82 bits per heavy atom. The predicted molar refractivity (Wildman–Crippen MR) is 67.8 cm³/mol. The van der Waals surface area contributed by atoms with E-state index in [0.29, 0.717) is 6.04 Å². The van der Waals surface area contributed by atoms with Crippen LogP contribution in [0.2, 0.25) is 0 Å². The highest BCUT2D eigenvalue weighted by Gasteiger charge is 2.13. The smallest absolute Gasteiger partial charge is 0.133 e. The van der Waals surface area contributed by atoms with Gasteiger partial charge in [-0.3, -0.25) is 0 Å². The molecular formula is C13H23N3O. The van der Waals surface area contributed by atoms with Crippen molar-refractivity contribution in [3.05, 3.63) is 17.5 Å². The molecule has 0 radical (unpaired) electrons. The van der Waals surface area contributed by atoms with Crippen molar-refractivity contribution in [1.82, 2.24) is 15.4 Å². The minimum absolute atomic E-state index is 0.505. The largest absolute Gasteiger partial charge is 0.361 e. The van der Waals surface area contributed by atoms with Crippen LogP contribution in [0, 0.1) is 6.92 Å².